The quantitative estimate of drug-likeness (QED) is 0.861. The molecule has 0 spiro atoms. The van der Waals surface area contributed by atoms with Crippen LogP contribution in [0.1, 0.15) is 19.4 Å². The number of para-hydroxylation sites is 1. The van der Waals surface area contributed by atoms with E-state index in [4.69, 9.17) is 5.73 Å². The molecule has 4 heteroatoms. The molecule has 0 fully saturated rings. The van der Waals surface area contributed by atoms with Gasteiger partial charge in [0.25, 0.3) is 0 Å². The molecule has 2 rings (SSSR count). The van der Waals surface area contributed by atoms with Gasteiger partial charge in [-0.2, -0.15) is 0 Å². The molecule has 0 aliphatic carbocycles. The Kier molecular flexibility index (Phi) is 4.22. The van der Waals surface area contributed by atoms with E-state index in [9.17, 15) is 4.79 Å². The van der Waals surface area contributed by atoms with Gasteiger partial charge in [0.2, 0.25) is 5.91 Å². The lowest BCUT2D eigenvalue weighted by Gasteiger charge is -2.22. The van der Waals surface area contributed by atoms with Crippen LogP contribution in [0, 0.1) is 0 Å². The maximum Gasteiger partial charge on any atom is 0.239 e. The predicted octanol–water partition coefficient (Wildman–Crippen LogP) is 1.91. The Morgan fingerprint density at radius 2 is 2.00 bits per heavy atom. The lowest BCUT2D eigenvalue weighted by molar-refractivity contribution is -0.132. The van der Waals surface area contributed by atoms with Crippen molar-refractivity contribution in [2.75, 3.05) is 13.1 Å². The zero-order valence-electron chi connectivity index (χ0n) is 11.5. The fourth-order valence-electron chi connectivity index (χ4n) is 2.39. The normalized spacial score (nSPS) is 12.6. The van der Waals surface area contributed by atoms with E-state index in [1.165, 1.54) is 0 Å². The Bertz CT molecular complexity index is 557. The number of nitrogens with zero attached hydrogens (tertiary/aromatic N) is 1. The molecule has 0 radical (unpaired) electrons. The number of aromatic amines is 1. The number of amides is 1. The standard InChI is InChI=1S/C15H21N3O/c1-3-18(4-2)15(19)13(16)9-11-10-17-14-8-6-5-7-12(11)14/h5-8,10,13,17H,3-4,9,16H2,1-2H3/t13-/m1/s1. The fraction of sp³-hybridized carbons (Fsp3) is 0.400. The summed E-state index contributed by atoms with van der Waals surface area (Å²) in [4.78, 5) is 17.1. The number of benzene rings is 1. The van der Waals surface area contributed by atoms with E-state index in [0.29, 0.717) is 19.5 Å². The molecule has 0 saturated carbocycles. The molecular weight excluding hydrogens is 238 g/mol. The van der Waals surface area contributed by atoms with Crippen LogP contribution < -0.4 is 5.73 Å². The molecule has 0 saturated heterocycles. The molecule has 19 heavy (non-hydrogen) atoms. The number of H-pyrrole nitrogens is 1. The van der Waals surface area contributed by atoms with Crippen LogP contribution in [-0.4, -0.2) is 34.9 Å². The predicted molar refractivity (Wildman–Crippen MR) is 77.9 cm³/mol. The molecule has 0 unspecified atom stereocenters. The number of hydrogen-bond acceptors (Lipinski definition) is 2. The smallest absolute Gasteiger partial charge is 0.239 e. The van der Waals surface area contributed by atoms with Crippen LogP contribution in [0.4, 0.5) is 0 Å². The molecule has 4 nitrogen and oxygen atoms in total. The Morgan fingerprint density at radius 3 is 2.68 bits per heavy atom. The van der Waals surface area contributed by atoms with Crippen molar-refractivity contribution in [3.05, 3.63) is 36.0 Å². The minimum absolute atomic E-state index is 0.0234. The summed E-state index contributed by atoms with van der Waals surface area (Å²) in [5, 5.41) is 1.14. The number of aromatic nitrogens is 1. The second-order valence-electron chi connectivity index (χ2n) is 4.68. The molecule has 1 amide bonds. The van der Waals surface area contributed by atoms with Gasteiger partial charge in [0, 0.05) is 30.2 Å². The van der Waals surface area contributed by atoms with Crippen molar-refractivity contribution in [3.63, 3.8) is 0 Å². The lowest BCUT2D eigenvalue weighted by atomic mass is 10.0. The van der Waals surface area contributed by atoms with Gasteiger partial charge in [-0.1, -0.05) is 18.2 Å². The number of nitrogens with two attached hydrogens (primary N) is 1. The Morgan fingerprint density at radius 1 is 1.32 bits per heavy atom. The first kappa shape index (κ1) is 13.6. The SMILES string of the molecule is CCN(CC)C(=O)[C@H](N)Cc1c[nH]c2ccccc12. The Balaban J connectivity index is 2.14. The number of carbonyl (C=O) groups excluding carboxylic acids is 1. The molecule has 1 atom stereocenters. The summed E-state index contributed by atoms with van der Waals surface area (Å²) in [5.41, 5.74) is 8.23. The molecule has 0 bridgehead atoms. The van der Waals surface area contributed by atoms with Crippen LogP contribution in [0.15, 0.2) is 30.5 Å². The molecule has 1 aromatic heterocycles. The van der Waals surface area contributed by atoms with E-state index in [1.807, 2.05) is 38.2 Å². The summed E-state index contributed by atoms with van der Waals surface area (Å²) in [5.74, 6) is 0.0234. The van der Waals surface area contributed by atoms with E-state index in [-0.39, 0.29) is 5.91 Å². The van der Waals surface area contributed by atoms with Gasteiger partial charge in [-0.3, -0.25) is 4.79 Å². The molecule has 102 valence electrons. The molecule has 0 aliphatic heterocycles. The minimum atomic E-state index is -0.473. The number of likely N-dealkylation sites (N-methyl/N-ethyl adjacent to an activating group) is 1. The maximum atomic E-state index is 12.2. The van der Waals surface area contributed by atoms with E-state index in [1.54, 1.807) is 4.90 Å². The average Bonchev–Trinajstić information content (AvgIpc) is 2.83. The molecule has 1 aromatic carbocycles. The van der Waals surface area contributed by atoms with Crippen LogP contribution in [0.2, 0.25) is 0 Å². The Hall–Kier alpha value is -1.81. The molecule has 0 aliphatic rings. The molecular formula is C15H21N3O. The number of hydrogen-bond donors (Lipinski definition) is 2. The van der Waals surface area contributed by atoms with Crippen molar-refractivity contribution < 1.29 is 4.79 Å². The number of fused-ring (bicyclic) bond motifs is 1. The highest BCUT2D eigenvalue weighted by Crippen LogP contribution is 2.19. The van der Waals surface area contributed by atoms with Gasteiger partial charge in [-0.05, 0) is 31.9 Å². The third kappa shape index (κ3) is 2.79. The van der Waals surface area contributed by atoms with Crippen LogP contribution in [-0.2, 0) is 11.2 Å². The third-order valence-electron chi connectivity index (χ3n) is 3.51. The van der Waals surface area contributed by atoms with Crippen molar-refractivity contribution in [2.45, 2.75) is 26.3 Å². The highest BCUT2D eigenvalue weighted by molar-refractivity contribution is 5.86. The monoisotopic (exact) mass is 259 g/mol. The van der Waals surface area contributed by atoms with Crippen LogP contribution >= 0.6 is 0 Å². The third-order valence-corrected chi connectivity index (χ3v) is 3.51. The van der Waals surface area contributed by atoms with Gasteiger partial charge in [-0.25, -0.2) is 0 Å². The largest absolute Gasteiger partial charge is 0.361 e. The topological polar surface area (TPSA) is 62.1 Å². The van der Waals surface area contributed by atoms with Gasteiger partial charge < -0.3 is 15.6 Å². The van der Waals surface area contributed by atoms with Gasteiger partial charge in [-0.15, -0.1) is 0 Å². The number of carbonyl (C=O) groups is 1. The summed E-state index contributed by atoms with van der Waals surface area (Å²) in [7, 11) is 0. The van der Waals surface area contributed by atoms with Crippen LogP contribution in [0.3, 0.4) is 0 Å². The van der Waals surface area contributed by atoms with Gasteiger partial charge >= 0.3 is 0 Å². The van der Waals surface area contributed by atoms with E-state index < -0.39 is 6.04 Å². The first-order valence-electron chi connectivity index (χ1n) is 6.76. The van der Waals surface area contributed by atoms with Crippen molar-refractivity contribution in [1.82, 2.24) is 9.88 Å². The minimum Gasteiger partial charge on any atom is -0.361 e. The summed E-state index contributed by atoms with van der Waals surface area (Å²) in [6.07, 6.45) is 2.51. The molecule has 3 N–H and O–H groups in total. The fourth-order valence-corrected chi connectivity index (χ4v) is 2.39. The zero-order valence-corrected chi connectivity index (χ0v) is 11.5. The van der Waals surface area contributed by atoms with Gasteiger partial charge in [0.05, 0.1) is 6.04 Å². The van der Waals surface area contributed by atoms with Crippen molar-refractivity contribution in [3.8, 4) is 0 Å². The zero-order chi connectivity index (χ0) is 13.8. The highest BCUT2D eigenvalue weighted by atomic mass is 16.2. The maximum absolute atomic E-state index is 12.2. The summed E-state index contributed by atoms with van der Waals surface area (Å²) in [6, 6.07) is 7.59. The number of rotatable bonds is 5. The summed E-state index contributed by atoms with van der Waals surface area (Å²) in [6.45, 7) is 5.35. The van der Waals surface area contributed by atoms with Crippen LogP contribution in [0.5, 0.6) is 0 Å². The second kappa shape index (κ2) is 5.89. The van der Waals surface area contributed by atoms with Crippen molar-refractivity contribution >= 4 is 16.8 Å². The number of nitrogens with one attached hydrogen (secondary N) is 1. The van der Waals surface area contributed by atoms with Crippen molar-refractivity contribution in [2.24, 2.45) is 5.73 Å². The average molecular weight is 259 g/mol. The molecule has 1 heterocycles. The van der Waals surface area contributed by atoms with Crippen molar-refractivity contribution in [1.29, 1.82) is 0 Å². The second-order valence-corrected chi connectivity index (χ2v) is 4.68. The van der Waals surface area contributed by atoms with E-state index >= 15 is 0 Å². The molecule has 2 aromatic rings. The summed E-state index contributed by atoms with van der Waals surface area (Å²) >= 11 is 0. The van der Waals surface area contributed by atoms with E-state index in [0.717, 1.165) is 16.5 Å². The van der Waals surface area contributed by atoms with Crippen LogP contribution in [0.25, 0.3) is 10.9 Å². The summed E-state index contributed by atoms with van der Waals surface area (Å²) < 4.78 is 0. The van der Waals surface area contributed by atoms with E-state index in [2.05, 4.69) is 11.1 Å². The van der Waals surface area contributed by atoms with Gasteiger partial charge in [0.1, 0.15) is 0 Å². The first-order chi connectivity index (χ1) is 9.17. The Labute approximate surface area is 113 Å². The highest BCUT2D eigenvalue weighted by Gasteiger charge is 2.20. The first-order valence-corrected chi connectivity index (χ1v) is 6.76. The lowest BCUT2D eigenvalue weighted by Crippen LogP contribution is -2.44. The van der Waals surface area contributed by atoms with Gasteiger partial charge in [0.15, 0.2) is 0 Å².